The maximum absolute atomic E-state index is 14.0. The van der Waals surface area contributed by atoms with E-state index in [1.165, 1.54) is 12.1 Å². The molecule has 1 heterocycles. The van der Waals surface area contributed by atoms with Crippen LogP contribution in [0.25, 0.3) is 11.1 Å². The number of ether oxygens (including phenoxy) is 1. The minimum Gasteiger partial charge on any atom is -0.482 e. The number of hydrogen-bond acceptors (Lipinski definition) is 5. The lowest BCUT2D eigenvalue weighted by molar-refractivity contribution is 0.0914. The molecule has 1 saturated carbocycles. The molecule has 1 amide bonds. The number of rotatable bonds is 7. The summed E-state index contributed by atoms with van der Waals surface area (Å²) >= 11 is 12.3. The van der Waals surface area contributed by atoms with Crippen LogP contribution >= 0.6 is 23.2 Å². The molecule has 0 spiro atoms. The normalized spacial score (nSPS) is 18.5. The number of nitrogen functional groups attached to an aromatic ring is 1. The lowest BCUT2D eigenvalue weighted by Gasteiger charge is -2.28. The maximum atomic E-state index is 14.0. The van der Waals surface area contributed by atoms with Crippen LogP contribution in [0.1, 0.15) is 54.6 Å². The zero-order valence-electron chi connectivity index (χ0n) is 19.8. The molecule has 0 saturated heterocycles. The molecule has 190 valence electrons. The van der Waals surface area contributed by atoms with Crippen molar-refractivity contribution in [3.05, 3.63) is 75.7 Å². The number of aliphatic hydroxyl groups excluding tert-OH is 1. The van der Waals surface area contributed by atoms with E-state index >= 15 is 0 Å². The highest BCUT2D eigenvalue weighted by Crippen LogP contribution is 2.37. The standard InChI is InChI=1S/C27H28Cl2FN3O3/c1-15(24-21(28)10-11-22(30)25(24)29)36-23-12-19(13-32-26(23)31)17-4-6-18(7-5-17)27(35)33-20-8-2-16(14-34)3-9-20/h4-7,10-13,15-16,20,34H,2-3,8-9,14H2,1H3,(H2,31,32)(H,33,35). The van der Waals surface area contributed by atoms with E-state index in [0.717, 1.165) is 36.8 Å². The molecule has 1 fully saturated rings. The topological polar surface area (TPSA) is 97.5 Å². The van der Waals surface area contributed by atoms with Crippen LogP contribution in [-0.4, -0.2) is 28.6 Å². The SMILES string of the molecule is CC(Oc1cc(-c2ccc(C(=O)NC3CCC(CO)CC3)cc2)cnc1N)c1c(Cl)ccc(F)c1Cl. The van der Waals surface area contributed by atoms with Crippen molar-refractivity contribution < 1.29 is 19.0 Å². The fraction of sp³-hybridized carbons (Fsp3) is 0.333. The largest absolute Gasteiger partial charge is 0.482 e. The number of carbonyl (C=O) groups is 1. The average molecular weight is 532 g/mol. The van der Waals surface area contributed by atoms with Crippen LogP contribution in [0.4, 0.5) is 10.2 Å². The molecule has 4 rings (SSSR count). The predicted molar refractivity (Wildman–Crippen MR) is 140 cm³/mol. The molecule has 1 aliphatic rings. The first-order valence-corrected chi connectivity index (χ1v) is 12.6. The molecule has 9 heteroatoms. The molecule has 0 radical (unpaired) electrons. The van der Waals surface area contributed by atoms with Crippen LogP contribution in [0.5, 0.6) is 5.75 Å². The Morgan fingerprint density at radius 1 is 1.17 bits per heavy atom. The van der Waals surface area contributed by atoms with Crippen LogP contribution < -0.4 is 15.8 Å². The summed E-state index contributed by atoms with van der Waals surface area (Å²) in [4.78, 5) is 16.9. The van der Waals surface area contributed by atoms with Gasteiger partial charge in [-0.05, 0) is 74.4 Å². The van der Waals surface area contributed by atoms with E-state index in [-0.39, 0.29) is 34.4 Å². The lowest BCUT2D eigenvalue weighted by Crippen LogP contribution is -2.38. The van der Waals surface area contributed by atoms with Crippen molar-refractivity contribution >= 4 is 34.9 Å². The van der Waals surface area contributed by atoms with Gasteiger partial charge in [0.2, 0.25) is 0 Å². The predicted octanol–water partition coefficient (Wildman–Crippen LogP) is 6.20. The Morgan fingerprint density at radius 3 is 2.53 bits per heavy atom. The van der Waals surface area contributed by atoms with E-state index in [1.807, 2.05) is 12.1 Å². The number of amides is 1. The molecule has 1 aromatic heterocycles. The molecule has 1 unspecified atom stereocenters. The van der Waals surface area contributed by atoms with Gasteiger partial charge in [0.25, 0.3) is 5.91 Å². The fourth-order valence-corrected chi connectivity index (χ4v) is 5.12. The van der Waals surface area contributed by atoms with Gasteiger partial charge in [0.05, 0.1) is 5.02 Å². The Bertz CT molecular complexity index is 1230. The number of halogens is 3. The van der Waals surface area contributed by atoms with Crippen LogP contribution in [0, 0.1) is 11.7 Å². The van der Waals surface area contributed by atoms with E-state index in [0.29, 0.717) is 22.8 Å². The van der Waals surface area contributed by atoms with Crippen molar-refractivity contribution in [3.63, 3.8) is 0 Å². The Kier molecular flexibility index (Phi) is 8.34. The second-order valence-electron chi connectivity index (χ2n) is 9.08. The summed E-state index contributed by atoms with van der Waals surface area (Å²) in [6.07, 6.45) is 4.53. The summed E-state index contributed by atoms with van der Waals surface area (Å²) in [5.74, 6) is 0.1000. The number of nitrogens with two attached hydrogens (primary N) is 1. The van der Waals surface area contributed by atoms with E-state index < -0.39 is 11.9 Å². The fourth-order valence-electron chi connectivity index (χ4n) is 4.44. The van der Waals surface area contributed by atoms with Gasteiger partial charge < -0.3 is 20.9 Å². The Hall–Kier alpha value is -2.87. The van der Waals surface area contributed by atoms with Crippen LogP contribution in [-0.2, 0) is 0 Å². The van der Waals surface area contributed by atoms with Gasteiger partial charge in [0, 0.05) is 40.6 Å². The second-order valence-corrected chi connectivity index (χ2v) is 9.86. The first-order chi connectivity index (χ1) is 17.3. The molecule has 2 aromatic carbocycles. The number of hydrogen-bond donors (Lipinski definition) is 3. The minimum atomic E-state index is -0.682. The average Bonchev–Trinajstić information content (AvgIpc) is 2.88. The third-order valence-electron chi connectivity index (χ3n) is 6.59. The second kappa shape index (κ2) is 11.5. The van der Waals surface area contributed by atoms with Gasteiger partial charge in [-0.3, -0.25) is 4.79 Å². The van der Waals surface area contributed by atoms with Crippen molar-refractivity contribution in [1.29, 1.82) is 0 Å². The molecule has 0 aliphatic heterocycles. The number of aromatic nitrogens is 1. The number of benzene rings is 2. The van der Waals surface area contributed by atoms with Crippen LogP contribution in [0.2, 0.25) is 10.0 Å². The third kappa shape index (κ3) is 5.91. The monoisotopic (exact) mass is 531 g/mol. The van der Waals surface area contributed by atoms with E-state index in [2.05, 4.69) is 10.3 Å². The highest BCUT2D eigenvalue weighted by molar-refractivity contribution is 6.36. The van der Waals surface area contributed by atoms with Crippen molar-refractivity contribution in [2.45, 2.75) is 44.8 Å². The lowest BCUT2D eigenvalue weighted by atomic mass is 9.86. The van der Waals surface area contributed by atoms with Gasteiger partial charge >= 0.3 is 0 Å². The molecule has 36 heavy (non-hydrogen) atoms. The summed E-state index contributed by atoms with van der Waals surface area (Å²) < 4.78 is 19.9. The Labute approximate surface area is 219 Å². The molecule has 1 atom stereocenters. The quantitative estimate of drug-likeness (QED) is 0.315. The number of nitrogens with zero attached hydrogens (tertiary/aromatic N) is 1. The number of aliphatic hydroxyl groups is 1. The first kappa shape index (κ1) is 26.2. The molecule has 4 N–H and O–H groups in total. The Morgan fingerprint density at radius 2 is 1.86 bits per heavy atom. The van der Waals surface area contributed by atoms with Gasteiger partial charge in [-0.15, -0.1) is 0 Å². The highest BCUT2D eigenvalue weighted by Gasteiger charge is 2.23. The van der Waals surface area contributed by atoms with Crippen molar-refractivity contribution in [2.24, 2.45) is 5.92 Å². The zero-order valence-corrected chi connectivity index (χ0v) is 21.3. The maximum Gasteiger partial charge on any atom is 0.251 e. The molecule has 6 nitrogen and oxygen atoms in total. The first-order valence-electron chi connectivity index (χ1n) is 11.8. The van der Waals surface area contributed by atoms with Crippen LogP contribution in [0.15, 0.2) is 48.7 Å². The van der Waals surface area contributed by atoms with E-state index in [4.69, 9.17) is 33.7 Å². The number of nitrogens with one attached hydrogen (secondary N) is 1. The van der Waals surface area contributed by atoms with E-state index in [1.54, 1.807) is 31.3 Å². The highest BCUT2D eigenvalue weighted by atomic mass is 35.5. The number of anilines is 1. The Balaban J connectivity index is 1.46. The smallest absolute Gasteiger partial charge is 0.251 e. The van der Waals surface area contributed by atoms with Gasteiger partial charge in [-0.2, -0.15) is 0 Å². The van der Waals surface area contributed by atoms with Gasteiger partial charge in [0.1, 0.15) is 11.9 Å². The number of pyridine rings is 1. The third-order valence-corrected chi connectivity index (χ3v) is 7.31. The molecule has 3 aromatic rings. The van der Waals surface area contributed by atoms with Gasteiger partial charge in [-0.1, -0.05) is 35.3 Å². The summed E-state index contributed by atoms with van der Waals surface area (Å²) in [7, 11) is 0. The minimum absolute atomic E-state index is 0.104. The molecular weight excluding hydrogens is 504 g/mol. The molecular formula is C27H28Cl2FN3O3. The van der Waals surface area contributed by atoms with Gasteiger partial charge in [0.15, 0.2) is 11.6 Å². The summed E-state index contributed by atoms with van der Waals surface area (Å²) in [5.41, 5.74) is 8.47. The van der Waals surface area contributed by atoms with Crippen molar-refractivity contribution in [1.82, 2.24) is 10.3 Å². The number of carbonyl (C=O) groups excluding carboxylic acids is 1. The zero-order chi connectivity index (χ0) is 25.8. The van der Waals surface area contributed by atoms with E-state index in [9.17, 15) is 14.3 Å². The summed E-state index contributed by atoms with van der Waals surface area (Å²) in [6, 6.07) is 11.7. The summed E-state index contributed by atoms with van der Waals surface area (Å²) in [6.45, 7) is 1.91. The van der Waals surface area contributed by atoms with Crippen LogP contribution in [0.3, 0.4) is 0 Å². The van der Waals surface area contributed by atoms with Gasteiger partial charge in [-0.25, -0.2) is 9.37 Å². The van der Waals surface area contributed by atoms with Crippen molar-refractivity contribution in [2.75, 3.05) is 12.3 Å². The van der Waals surface area contributed by atoms with Crippen molar-refractivity contribution in [3.8, 4) is 16.9 Å². The molecule has 1 aliphatic carbocycles. The molecule has 0 bridgehead atoms. The summed E-state index contributed by atoms with van der Waals surface area (Å²) in [5, 5.41) is 12.6.